The third-order valence-corrected chi connectivity index (χ3v) is 3.67. The molecule has 1 aromatic carbocycles. The quantitative estimate of drug-likeness (QED) is 0.902. The lowest BCUT2D eigenvalue weighted by atomic mass is 10.1. The normalized spacial score (nSPS) is 20.9. The topological polar surface area (TPSA) is 67.9 Å². The molecule has 1 saturated heterocycles. The van der Waals surface area contributed by atoms with Crippen molar-refractivity contribution in [3.63, 3.8) is 0 Å². The molecular weight excluding hydrogens is 296 g/mol. The summed E-state index contributed by atoms with van der Waals surface area (Å²) in [4.78, 5) is 25.4. The van der Waals surface area contributed by atoms with Crippen molar-refractivity contribution in [3.8, 4) is 0 Å². The van der Waals surface area contributed by atoms with Crippen LogP contribution in [0.1, 0.15) is 31.9 Å². The highest BCUT2D eigenvalue weighted by Gasteiger charge is 2.29. The Morgan fingerprint density at radius 1 is 1.30 bits per heavy atom. The van der Waals surface area contributed by atoms with Gasteiger partial charge in [-0.25, -0.2) is 4.79 Å². The second-order valence-electron chi connectivity index (χ2n) is 5.54. The first-order valence-electron chi connectivity index (χ1n) is 7.99. The molecule has 1 fully saturated rings. The van der Waals surface area contributed by atoms with E-state index in [1.807, 2.05) is 37.3 Å². The number of nitrogens with zero attached hydrogens (tertiary/aromatic N) is 1. The van der Waals surface area contributed by atoms with Crippen molar-refractivity contribution in [2.45, 2.75) is 32.5 Å². The highest BCUT2D eigenvalue weighted by Crippen LogP contribution is 2.25. The lowest BCUT2D eigenvalue weighted by molar-refractivity contribution is -0.144. The first-order valence-corrected chi connectivity index (χ1v) is 7.99. The fourth-order valence-corrected chi connectivity index (χ4v) is 2.62. The monoisotopic (exact) mass is 320 g/mol. The van der Waals surface area contributed by atoms with E-state index in [4.69, 9.17) is 9.47 Å². The molecule has 2 atom stereocenters. The maximum Gasteiger partial charge on any atom is 0.407 e. The van der Waals surface area contributed by atoms with Crippen LogP contribution in [0.2, 0.25) is 0 Å². The highest BCUT2D eigenvalue weighted by atomic mass is 16.5. The molecular formula is C17H24N2O4. The van der Waals surface area contributed by atoms with Crippen molar-refractivity contribution in [1.82, 2.24) is 10.2 Å². The molecule has 0 aliphatic carbocycles. The molecule has 6 nitrogen and oxygen atoms in total. The predicted octanol–water partition coefficient (Wildman–Crippen LogP) is 2.11. The number of alkyl carbamates (subject to hydrolysis) is 1. The number of hydrogen-bond donors (Lipinski definition) is 1. The van der Waals surface area contributed by atoms with Crippen molar-refractivity contribution in [2.75, 3.05) is 26.2 Å². The minimum absolute atomic E-state index is 0.0119. The molecule has 1 aromatic rings. The molecule has 2 amide bonds. The number of nitrogens with one attached hydrogen (secondary N) is 1. The van der Waals surface area contributed by atoms with Gasteiger partial charge >= 0.3 is 6.09 Å². The van der Waals surface area contributed by atoms with Gasteiger partial charge in [0, 0.05) is 19.5 Å². The molecule has 6 heteroatoms. The largest absolute Gasteiger partial charge is 0.450 e. The van der Waals surface area contributed by atoms with E-state index in [1.54, 1.807) is 11.8 Å². The number of morpholine rings is 1. The maximum absolute atomic E-state index is 12.3. The van der Waals surface area contributed by atoms with Gasteiger partial charge in [-0.15, -0.1) is 0 Å². The minimum Gasteiger partial charge on any atom is -0.450 e. The molecule has 1 aliphatic rings. The summed E-state index contributed by atoms with van der Waals surface area (Å²) in [6.07, 6.45) is -0.358. The molecule has 2 rings (SSSR count). The van der Waals surface area contributed by atoms with Crippen LogP contribution in [0.3, 0.4) is 0 Å². The Bertz CT molecular complexity index is 521. The Kier molecular flexibility index (Phi) is 6.40. The predicted molar refractivity (Wildman–Crippen MR) is 86.0 cm³/mol. The van der Waals surface area contributed by atoms with E-state index in [0.717, 1.165) is 5.56 Å². The fourth-order valence-electron chi connectivity index (χ4n) is 2.62. The number of amides is 2. The van der Waals surface area contributed by atoms with Crippen molar-refractivity contribution >= 4 is 12.0 Å². The Labute approximate surface area is 136 Å². The molecule has 1 N–H and O–H groups in total. The van der Waals surface area contributed by atoms with Crippen LogP contribution < -0.4 is 5.32 Å². The molecule has 0 bridgehead atoms. The van der Waals surface area contributed by atoms with E-state index in [-0.39, 0.29) is 31.1 Å². The Morgan fingerprint density at radius 2 is 2.04 bits per heavy atom. The number of carbonyl (C=O) groups is 2. The average Bonchev–Trinajstić information content (AvgIpc) is 2.55. The van der Waals surface area contributed by atoms with Crippen molar-refractivity contribution in [2.24, 2.45) is 0 Å². The van der Waals surface area contributed by atoms with Gasteiger partial charge in [-0.2, -0.15) is 0 Å². The molecule has 0 saturated carbocycles. The van der Waals surface area contributed by atoms with E-state index in [1.165, 1.54) is 0 Å². The third kappa shape index (κ3) is 5.25. The van der Waals surface area contributed by atoms with E-state index in [9.17, 15) is 9.59 Å². The smallest absolute Gasteiger partial charge is 0.407 e. The number of hydrogen-bond acceptors (Lipinski definition) is 4. The number of rotatable bonds is 5. The summed E-state index contributed by atoms with van der Waals surface area (Å²) in [7, 11) is 0. The van der Waals surface area contributed by atoms with Crippen LogP contribution in [0.4, 0.5) is 4.79 Å². The first kappa shape index (κ1) is 17.3. The molecule has 126 valence electrons. The Balaban J connectivity index is 1.86. The SMILES string of the molecule is CCOC(=O)NCCC(=O)N1C[C@@H](C)O[C@@H](c2ccccc2)C1. The fraction of sp³-hybridized carbons (Fsp3) is 0.529. The van der Waals surface area contributed by atoms with Gasteiger partial charge in [0.15, 0.2) is 0 Å². The summed E-state index contributed by atoms with van der Waals surface area (Å²) in [5, 5.41) is 2.57. The van der Waals surface area contributed by atoms with Crippen LogP contribution in [0, 0.1) is 0 Å². The van der Waals surface area contributed by atoms with Gasteiger partial charge in [-0.1, -0.05) is 30.3 Å². The molecule has 23 heavy (non-hydrogen) atoms. The molecule has 0 radical (unpaired) electrons. The lowest BCUT2D eigenvalue weighted by Crippen LogP contribution is -2.46. The minimum atomic E-state index is -0.488. The summed E-state index contributed by atoms with van der Waals surface area (Å²) < 4.78 is 10.7. The summed E-state index contributed by atoms with van der Waals surface area (Å²) in [6.45, 7) is 5.41. The van der Waals surface area contributed by atoms with Gasteiger partial charge in [0.1, 0.15) is 6.10 Å². The zero-order valence-electron chi connectivity index (χ0n) is 13.7. The van der Waals surface area contributed by atoms with Gasteiger partial charge < -0.3 is 19.7 Å². The van der Waals surface area contributed by atoms with Gasteiger partial charge in [0.25, 0.3) is 0 Å². The average molecular weight is 320 g/mol. The molecule has 0 unspecified atom stereocenters. The zero-order chi connectivity index (χ0) is 16.7. The summed E-state index contributed by atoms with van der Waals surface area (Å²) >= 11 is 0. The maximum atomic E-state index is 12.3. The first-order chi connectivity index (χ1) is 11.1. The van der Waals surface area contributed by atoms with Gasteiger partial charge in [0.05, 0.1) is 19.3 Å². The molecule has 0 spiro atoms. The Morgan fingerprint density at radius 3 is 2.74 bits per heavy atom. The van der Waals surface area contributed by atoms with E-state index < -0.39 is 6.09 Å². The summed E-state index contributed by atoms with van der Waals surface area (Å²) in [6, 6.07) is 9.90. The van der Waals surface area contributed by atoms with E-state index >= 15 is 0 Å². The van der Waals surface area contributed by atoms with Crippen LogP contribution in [0.5, 0.6) is 0 Å². The van der Waals surface area contributed by atoms with Gasteiger partial charge in [0.2, 0.25) is 5.91 Å². The van der Waals surface area contributed by atoms with Crippen LogP contribution in [0.15, 0.2) is 30.3 Å². The number of ether oxygens (including phenoxy) is 2. The summed E-state index contributed by atoms with van der Waals surface area (Å²) in [5.74, 6) is 0.0119. The second kappa shape index (κ2) is 8.53. The second-order valence-corrected chi connectivity index (χ2v) is 5.54. The summed E-state index contributed by atoms with van der Waals surface area (Å²) in [5.41, 5.74) is 1.07. The van der Waals surface area contributed by atoms with Gasteiger partial charge in [-0.3, -0.25) is 4.79 Å². The standard InChI is InChI=1S/C17H24N2O4/c1-3-22-17(21)18-10-9-16(20)19-11-13(2)23-15(12-19)14-7-5-4-6-8-14/h4-8,13,15H,3,9-12H2,1-2H3,(H,18,21)/t13-,15-/m1/s1. The third-order valence-electron chi connectivity index (χ3n) is 3.67. The van der Waals surface area contributed by atoms with Gasteiger partial charge in [-0.05, 0) is 19.4 Å². The number of benzene rings is 1. The number of carbonyl (C=O) groups excluding carboxylic acids is 2. The van der Waals surface area contributed by atoms with Crippen LogP contribution in [-0.2, 0) is 14.3 Å². The van der Waals surface area contributed by atoms with Crippen LogP contribution in [0.25, 0.3) is 0 Å². The van der Waals surface area contributed by atoms with Crippen LogP contribution in [-0.4, -0.2) is 49.2 Å². The molecule has 0 aromatic heterocycles. The Hall–Kier alpha value is -2.08. The van der Waals surface area contributed by atoms with E-state index in [2.05, 4.69) is 5.32 Å². The zero-order valence-corrected chi connectivity index (χ0v) is 13.7. The highest BCUT2D eigenvalue weighted by molar-refractivity contribution is 5.77. The van der Waals surface area contributed by atoms with Crippen LogP contribution >= 0.6 is 0 Å². The van der Waals surface area contributed by atoms with Crippen molar-refractivity contribution < 1.29 is 19.1 Å². The van der Waals surface area contributed by atoms with Crippen molar-refractivity contribution in [3.05, 3.63) is 35.9 Å². The van der Waals surface area contributed by atoms with E-state index in [0.29, 0.717) is 19.7 Å². The van der Waals surface area contributed by atoms with Crippen molar-refractivity contribution in [1.29, 1.82) is 0 Å². The molecule has 1 heterocycles. The molecule has 1 aliphatic heterocycles. The lowest BCUT2D eigenvalue weighted by Gasteiger charge is -2.37.